The van der Waals surface area contributed by atoms with Gasteiger partial charge in [-0.2, -0.15) is 0 Å². The molecule has 0 aromatic carbocycles. The minimum Gasteiger partial charge on any atom is -0.350 e. The maximum absolute atomic E-state index is 11.3. The third kappa shape index (κ3) is 9.64. The summed E-state index contributed by atoms with van der Waals surface area (Å²) in [5.74, 6) is 0. The average Bonchev–Trinajstić information content (AvgIpc) is 1.85. The van der Waals surface area contributed by atoms with Gasteiger partial charge in [0, 0.05) is 0 Å². The Morgan fingerprint density at radius 3 is 1.45 bits per heavy atom. The molecule has 0 saturated heterocycles. The fourth-order valence-electron chi connectivity index (χ4n) is 0.333. The third-order valence-corrected chi connectivity index (χ3v) is 0.654. The van der Waals surface area contributed by atoms with Crippen LogP contribution in [0, 0.1) is 0 Å². The molecule has 0 saturated carbocycles. The summed E-state index contributed by atoms with van der Waals surface area (Å²) in [5, 5.41) is 0. The van der Waals surface area contributed by atoms with Gasteiger partial charge in [0.1, 0.15) is 20.0 Å². The van der Waals surface area contributed by atoms with Gasteiger partial charge < -0.3 is 9.47 Å². The molecule has 68 valence electrons. The summed E-state index contributed by atoms with van der Waals surface area (Å²) in [6, 6.07) is 0. The molecule has 0 aliphatic rings. The van der Waals surface area contributed by atoms with Gasteiger partial charge in [0.25, 0.3) is 12.9 Å². The molecule has 0 heterocycles. The lowest BCUT2D eigenvalue weighted by Gasteiger charge is -2.03. The van der Waals surface area contributed by atoms with Gasteiger partial charge in [-0.05, 0) is 0 Å². The SMILES string of the molecule is FC(F)COCOCC(F)F. The van der Waals surface area contributed by atoms with Crippen LogP contribution in [0.3, 0.4) is 0 Å². The average molecular weight is 176 g/mol. The van der Waals surface area contributed by atoms with E-state index >= 15 is 0 Å². The number of ether oxygens (including phenoxy) is 2. The van der Waals surface area contributed by atoms with Crippen LogP contribution in [0.4, 0.5) is 17.6 Å². The van der Waals surface area contributed by atoms with Crippen LogP contribution < -0.4 is 0 Å². The highest BCUT2D eigenvalue weighted by Gasteiger charge is 2.03. The molecule has 0 bridgehead atoms. The van der Waals surface area contributed by atoms with Crippen molar-refractivity contribution < 1.29 is 27.0 Å². The maximum Gasteiger partial charge on any atom is 0.261 e. The Morgan fingerprint density at radius 1 is 0.818 bits per heavy atom. The van der Waals surface area contributed by atoms with Crippen molar-refractivity contribution in [1.82, 2.24) is 0 Å². The largest absolute Gasteiger partial charge is 0.350 e. The molecule has 0 aliphatic heterocycles. The molecule has 0 rings (SSSR count). The second-order valence-corrected chi connectivity index (χ2v) is 1.64. The summed E-state index contributed by atoms with van der Waals surface area (Å²) < 4.78 is 53.4. The van der Waals surface area contributed by atoms with Crippen LogP contribution in [0.2, 0.25) is 0 Å². The Balaban J connectivity index is 2.91. The second kappa shape index (κ2) is 6.36. The zero-order valence-electron chi connectivity index (χ0n) is 5.60. The number of hydrogen-bond acceptors (Lipinski definition) is 2. The molecule has 0 aliphatic carbocycles. The van der Waals surface area contributed by atoms with E-state index in [9.17, 15) is 17.6 Å². The molecule has 0 amide bonds. The summed E-state index contributed by atoms with van der Waals surface area (Å²) in [6.45, 7) is -2.10. The smallest absolute Gasteiger partial charge is 0.261 e. The molecule has 0 spiro atoms. The first-order chi connectivity index (χ1) is 5.13. The van der Waals surface area contributed by atoms with E-state index in [4.69, 9.17) is 0 Å². The van der Waals surface area contributed by atoms with Gasteiger partial charge >= 0.3 is 0 Å². The van der Waals surface area contributed by atoms with E-state index in [1.807, 2.05) is 0 Å². The van der Waals surface area contributed by atoms with Crippen LogP contribution in [0.5, 0.6) is 0 Å². The first-order valence-electron chi connectivity index (χ1n) is 2.84. The highest BCUT2D eigenvalue weighted by atomic mass is 19.3. The van der Waals surface area contributed by atoms with Crippen molar-refractivity contribution in [3.05, 3.63) is 0 Å². The number of rotatable bonds is 6. The second-order valence-electron chi connectivity index (χ2n) is 1.64. The minimum absolute atomic E-state index is 0.519. The van der Waals surface area contributed by atoms with E-state index in [0.717, 1.165) is 0 Å². The van der Waals surface area contributed by atoms with Crippen LogP contribution in [-0.2, 0) is 9.47 Å². The summed E-state index contributed by atoms with van der Waals surface area (Å²) in [7, 11) is 0. The summed E-state index contributed by atoms with van der Waals surface area (Å²) in [5.41, 5.74) is 0. The normalized spacial score (nSPS) is 11.5. The van der Waals surface area contributed by atoms with Crippen LogP contribution >= 0.6 is 0 Å². The van der Waals surface area contributed by atoms with Crippen molar-refractivity contribution in [3.63, 3.8) is 0 Å². The number of halogens is 4. The standard InChI is InChI=1S/C5H8F4O2/c6-4(7)1-10-3-11-2-5(8)9/h4-5H,1-3H2. The van der Waals surface area contributed by atoms with Gasteiger partial charge in [0.05, 0.1) is 0 Å². The number of alkyl halides is 4. The monoisotopic (exact) mass is 176 g/mol. The topological polar surface area (TPSA) is 18.5 Å². The summed E-state index contributed by atoms with van der Waals surface area (Å²) in [4.78, 5) is 0. The van der Waals surface area contributed by atoms with E-state index in [-0.39, 0.29) is 0 Å². The zero-order chi connectivity index (χ0) is 8.69. The predicted octanol–water partition coefficient (Wildman–Crippen LogP) is 1.51. The Bertz CT molecular complexity index is 78.6. The van der Waals surface area contributed by atoms with Crippen LogP contribution in [0.15, 0.2) is 0 Å². The third-order valence-electron chi connectivity index (χ3n) is 0.654. The Kier molecular flexibility index (Phi) is 6.15. The van der Waals surface area contributed by atoms with E-state index in [2.05, 4.69) is 9.47 Å². The Hall–Kier alpha value is -0.360. The molecule has 0 fully saturated rings. The molecule has 2 nitrogen and oxygen atoms in total. The molecule has 0 radical (unpaired) electrons. The van der Waals surface area contributed by atoms with E-state index in [0.29, 0.717) is 0 Å². The summed E-state index contributed by atoms with van der Waals surface area (Å²) >= 11 is 0. The van der Waals surface area contributed by atoms with Crippen LogP contribution in [0.1, 0.15) is 0 Å². The summed E-state index contributed by atoms with van der Waals surface area (Å²) in [6.07, 6.45) is -5.18. The van der Waals surface area contributed by atoms with E-state index in [1.165, 1.54) is 0 Å². The van der Waals surface area contributed by atoms with Crippen molar-refractivity contribution >= 4 is 0 Å². The maximum atomic E-state index is 11.3. The predicted molar refractivity (Wildman–Crippen MR) is 28.8 cm³/mol. The Labute approximate surface area is 61.1 Å². The van der Waals surface area contributed by atoms with E-state index < -0.39 is 32.9 Å². The minimum atomic E-state index is -2.59. The van der Waals surface area contributed by atoms with Crippen molar-refractivity contribution in [1.29, 1.82) is 0 Å². The molecule has 0 aromatic heterocycles. The molecule has 11 heavy (non-hydrogen) atoms. The van der Waals surface area contributed by atoms with Gasteiger partial charge in [-0.3, -0.25) is 0 Å². The molecule has 0 atom stereocenters. The van der Waals surface area contributed by atoms with Crippen molar-refractivity contribution in [2.75, 3.05) is 20.0 Å². The quantitative estimate of drug-likeness (QED) is 0.347. The van der Waals surface area contributed by atoms with E-state index in [1.54, 1.807) is 0 Å². The number of hydrogen-bond donors (Lipinski definition) is 0. The van der Waals surface area contributed by atoms with Gasteiger partial charge in [-0.25, -0.2) is 17.6 Å². The van der Waals surface area contributed by atoms with Gasteiger partial charge in [-0.1, -0.05) is 0 Å². The highest BCUT2D eigenvalue weighted by Crippen LogP contribution is 1.95. The first kappa shape index (κ1) is 10.6. The van der Waals surface area contributed by atoms with Gasteiger partial charge in [0.15, 0.2) is 0 Å². The van der Waals surface area contributed by atoms with Crippen molar-refractivity contribution in [2.24, 2.45) is 0 Å². The molecule has 6 heteroatoms. The van der Waals surface area contributed by atoms with Gasteiger partial charge in [-0.15, -0.1) is 0 Å². The Morgan fingerprint density at radius 2 is 1.18 bits per heavy atom. The molecular weight excluding hydrogens is 168 g/mol. The lowest BCUT2D eigenvalue weighted by molar-refractivity contribution is -0.107. The lowest BCUT2D eigenvalue weighted by Crippen LogP contribution is -2.11. The van der Waals surface area contributed by atoms with Crippen molar-refractivity contribution in [2.45, 2.75) is 12.9 Å². The fraction of sp³-hybridized carbons (Fsp3) is 1.00. The molecule has 0 unspecified atom stereocenters. The highest BCUT2D eigenvalue weighted by molar-refractivity contribution is 4.32. The van der Waals surface area contributed by atoms with Crippen LogP contribution in [-0.4, -0.2) is 32.9 Å². The lowest BCUT2D eigenvalue weighted by atomic mass is 10.8. The fourth-order valence-corrected chi connectivity index (χ4v) is 0.333. The molecule has 0 aromatic rings. The first-order valence-corrected chi connectivity index (χ1v) is 2.84. The van der Waals surface area contributed by atoms with Crippen molar-refractivity contribution in [3.8, 4) is 0 Å². The molecule has 0 N–H and O–H groups in total. The zero-order valence-corrected chi connectivity index (χ0v) is 5.60. The molecular formula is C5H8F4O2. The van der Waals surface area contributed by atoms with Crippen LogP contribution in [0.25, 0.3) is 0 Å². The van der Waals surface area contributed by atoms with Gasteiger partial charge in [0.2, 0.25) is 0 Å².